The molecule has 3 aromatic rings. The van der Waals surface area contributed by atoms with Gasteiger partial charge >= 0.3 is 0 Å². The molecule has 0 aliphatic heterocycles. The first-order chi connectivity index (χ1) is 9.84. The lowest BCUT2D eigenvalue weighted by Crippen LogP contribution is -2.20. The SMILES string of the molecule is O[C@H](CNCc1csc2ccccc12)c1ccccc1. The summed E-state index contributed by atoms with van der Waals surface area (Å²) in [4.78, 5) is 0. The minimum Gasteiger partial charge on any atom is -0.387 e. The molecule has 0 amide bonds. The van der Waals surface area contributed by atoms with Gasteiger partial charge in [0, 0.05) is 17.8 Å². The lowest BCUT2D eigenvalue weighted by Gasteiger charge is -2.11. The second-order valence-corrected chi connectivity index (χ2v) is 5.73. The van der Waals surface area contributed by atoms with Crippen molar-refractivity contribution in [3.63, 3.8) is 0 Å². The third-order valence-corrected chi connectivity index (χ3v) is 4.41. The fourth-order valence-corrected chi connectivity index (χ4v) is 3.27. The zero-order valence-corrected chi connectivity index (χ0v) is 11.9. The van der Waals surface area contributed by atoms with Crippen LogP contribution in [0.25, 0.3) is 10.1 Å². The van der Waals surface area contributed by atoms with Gasteiger partial charge in [-0.25, -0.2) is 0 Å². The molecule has 0 aliphatic carbocycles. The van der Waals surface area contributed by atoms with Crippen molar-refractivity contribution in [2.45, 2.75) is 12.6 Å². The van der Waals surface area contributed by atoms with Crippen molar-refractivity contribution >= 4 is 21.4 Å². The Morgan fingerprint density at radius 3 is 2.60 bits per heavy atom. The fourth-order valence-electron chi connectivity index (χ4n) is 2.31. The molecule has 3 heteroatoms. The molecule has 0 unspecified atom stereocenters. The predicted molar refractivity (Wildman–Crippen MR) is 84.9 cm³/mol. The Morgan fingerprint density at radius 1 is 1.00 bits per heavy atom. The average Bonchev–Trinajstić information content (AvgIpc) is 2.92. The molecule has 1 atom stereocenters. The van der Waals surface area contributed by atoms with Gasteiger partial charge in [0.25, 0.3) is 0 Å². The van der Waals surface area contributed by atoms with Crippen LogP contribution < -0.4 is 5.32 Å². The summed E-state index contributed by atoms with van der Waals surface area (Å²) in [5.41, 5.74) is 2.25. The van der Waals surface area contributed by atoms with Gasteiger partial charge in [0.1, 0.15) is 0 Å². The molecule has 20 heavy (non-hydrogen) atoms. The van der Waals surface area contributed by atoms with Crippen LogP contribution in [0, 0.1) is 0 Å². The van der Waals surface area contributed by atoms with Crippen LogP contribution in [0.5, 0.6) is 0 Å². The molecule has 2 nitrogen and oxygen atoms in total. The maximum Gasteiger partial charge on any atom is 0.0914 e. The van der Waals surface area contributed by atoms with Crippen LogP contribution in [0.2, 0.25) is 0 Å². The molecule has 0 saturated carbocycles. The molecule has 1 aromatic heterocycles. The Kier molecular flexibility index (Phi) is 4.11. The van der Waals surface area contributed by atoms with Crippen LogP contribution >= 0.6 is 11.3 Å². The molecule has 2 N–H and O–H groups in total. The Bertz CT molecular complexity index is 678. The van der Waals surface area contributed by atoms with Crippen LogP contribution in [0.1, 0.15) is 17.2 Å². The van der Waals surface area contributed by atoms with Gasteiger partial charge < -0.3 is 10.4 Å². The van der Waals surface area contributed by atoms with Gasteiger partial charge in [0.05, 0.1) is 6.10 Å². The van der Waals surface area contributed by atoms with E-state index in [-0.39, 0.29) is 0 Å². The van der Waals surface area contributed by atoms with Crippen molar-refractivity contribution in [1.29, 1.82) is 0 Å². The van der Waals surface area contributed by atoms with E-state index in [4.69, 9.17) is 0 Å². The molecule has 0 saturated heterocycles. The Labute approximate surface area is 122 Å². The van der Waals surface area contributed by atoms with Gasteiger partial charge in [-0.1, -0.05) is 48.5 Å². The quantitative estimate of drug-likeness (QED) is 0.748. The van der Waals surface area contributed by atoms with Crippen LogP contribution in [0.15, 0.2) is 60.0 Å². The van der Waals surface area contributed by atoms with Gasteiger partial charge in [-0.2, -0.15) is 0 Å². The number of hydrogen-bond acceptors (Lipinski definition) is 3. The lowest BCUT2D eigenvalue weighted by atomic mass is 10.1. The molecule has 0 bridgehead atoms. The summed E-state index contributed by atoms with van der Waals surface area (Å²) >= 11 is 1.77. The van der Waals surface area contributed by atoms with E-state index in [1.165, 1.54) is 15.6 Å². The third-order valence-electron chi connectivity index (χ3n) is 3.40. The normalized spacial score (nSPS) is 12.7. The van der Waals surface area contributed by atoms with Gasteiger partial charge in [-0.15, -0.1) is 11.3 Å². The summed E-state index contributed by atoms with van der Waals surface area (Å²) in [7, 11) is 0. The molecule has 0 fully saturated rings. The van der Waals surface area contributed by atoms with E-state index in [0.717, 1.165) is 12.1 Å². The molecule has 2 aromatic carbocycles. The highest BCUT2D eigenvalue weighted by Crippen LogP contribution is 2.25. The van der Waals surface area contributed by atoms with Gasteiger partial charge in [-0.05, 0) is 28.0 Å². The molecular weight excluding hydrogens is 266 g/mol. The van der Waals surface area contributed by atoms with E-state index in [2.05, 4.69) is 35.0 Å². The van der Waals surface area contributed by atoms with Crippen LogP contribution in [0.4, 0.5) is 0 Å². The minimum absolute atomic E-state index is 0.457. The lowest BCUT2D eigenvalue weighted by molar-refractivity contribution is 0.174. The summed E-state index contributed by atoms with van der Waals surface area (Å²) < 4.78 is 1.31. The predicted octanol–water partition coefficient (Wildman–Crippen LogP) is 3.72. The second kappa shape index (κ2) is 6.18. The smallest absolute Gasteiger partial charge is 0.0914 e. The molecule has 3 rings (SSSR count). The zero-order valence-electron chi connectivity index (χ0n) is 11.1. The number of thiophene rings is 1. The number of benzene rings is 2. The van der Waals surface area contributed by atoms with Crippen molar-refractivity contribution in [1.82, 2.24) is 5.32 Å². The van der Waals surface area contributed by atoms with Crippen molar-refractivity contribution in [2.24, 2.45) is 0 Å². The number of nitrogens with one attached hydrogen (secondary N) is 1. The topological polar surface area (TPSA) is 32.3 Å². The fraction of sp³-hybridized carbons (Fsp3) is 0.176. The van der Waals surface area contributed by atoms with Crippen molar-refractivity contribution < 1.29 is 5.11 Å². The Hall–Kier alpha value is -1.68. The molecule has 0 aliphatic rings. The van der Waals surface area contributed by atoms with E-state index >= 15 is 0 Å². The van der Waals surface area contributed by atoms with Gasteiger partial charge in [-0.3, -0.25) is 0 Å². The van der Waals surface area contributed by atoms with Gasteiger partial charge in [0.15, 0.2) is 0 Å². The van der Waals surface area contributed by atoms with E-state index in [0.29, 0.717) is 6.54 Å². The molecule has 0 spiro atoms. The summed E-state index contributed by atoms with van der Waals surface area (Å²) in [5.74, 6) is 0. The highest BCUT2D eigenvalue weighted by Gasteiger charge is 2.07. The largest absolute Gasteiger partial charge is 0.387 e. The molecule has 0 radical (unpaired) electrons. The Balaban J connectivity index is 1.60. The van der Waals surface area contributed by atoms with Crippen LogP contribution in [-0.4, -0.2) is 11.7 Å². The number of aliphatic hydroxyl groups is 1. The first kappa shape index (κ1) is 13.3. The summed E-state index contributed by atoms with van der Waals surface area (Å²) in [6.07, 6.45) is -0.457. The Morgan fingerprint density at radius 2 is 1.75 bits per heavy atom. The average molecular weight is 283 g/mol. The van der Waals surface area contributed by atoms with E-state index in [1.807, 2.05) is 30.3 Å². The number of rotatable bonds is 5. The zero-order chi connectivity index (χ0) is 13.8. The number of aliphatic hydroxyl groups excluding tert-OH is 1. The first-order valence-corrected chi connectivity index (χ1v) is 7.61. The summed E-state index contributed by atoms with van der Waals surface area (Å²) in [6.45, 7) is 1.35. The monoisotopic (exact) mass is 283 g/mol. The van der Waals surface area contributed by atoms with Gasteiger partial charge in [0.2, 0.25) is 0 Å². The molecule has 102 valence electrons. The van der Waals surface area contributed by atoms with Crippen LogP contribution in [0.3, 0.4) is 0 Å². The van der Waals surface area contributed by atoms with E-state index < -0.39 is 6.10 Å². The summed E-state index contributed by atoms with van der Waals surface area (Å²) in [6, 6.07) is 18.2. The number of hydrogen-bond donors (Lipinski definition) is 2. The van der Waals surface area contributed by atoms with Crippen molar-refractivity contribution in [2.75, 3.05) is 6.54 Å². The maximum atomic E-state index is 10.1. The van der Waals surface area contributed by atoms with Crippen molar-refractivity contribution in [3.8, 4) is 0 Å². The van der Waals surface area contributed by atoms with Crippen molar-refractivity contribution in [3.05, 3.63) is 71.1 Å². The second-order valence-electron chi connectivity index (χ2n) is 4.81. The third kappa shape index (κ3) is 2.90. The molecule has 1 heterocycles. The van der Waals surface area contributed by atoms with Crippen LogP contribution in [-0.2, 0) is 6.54 Å². The van der Waals surface area contributed by atoms with E-state index in [9.17, 15) is 5.11 Å². The minimum atomic E-state index is -0.457. The maximum absolute atomic E-state index is 10.1. The standard InChI is InChI=1S/C17H17NOS/c19-16(13-6-2-1-3-7-13)11-18-10-14-12-20-17-9-5-4-8-15(14)17/h1-9,12,16,18-19H,10-11H2/t16-/m1/s1. The van der Waals surface area contributed by atoms with E-state index in [1.54, 1.807) is 11.3 Å². The molecular formula is C17H17NOS. The summed E-state index contributed by atoms with van der Waals surface area (Å²) in [5, 5.41) is 16.9. The highest BCUT2D eigenvalue weighted by molar-refractivity contribution is 7.17. The first-order valence-electron chi connectivity index (χ1n) is 6.73. The highest BCUT2D eigenvalue weighted by atomic mass is 32.1. The number of fused-ring (bicyclic) bond motifs is 1.